The first-order valence-corrected chi connectivity index (χ1v) is 6.50. The van der Waals surface area contributed by atoms with E-state index < -0.39 is 17.7 Å². The summed E-state index contributed by atoms with van der Waals surface area (Å²) in [6.07, 6.45) is 0. The Labute approximate surface area is 127 Å². The molecule has 0 heterocycles. The predicted octanol–water partition coefficient (Wildman–Crippen LogP) is 1.12. The van der Waals surface area contributed by atoms with Crippen LogP contribution in [0.4, 0.5) is 5.69 Å². The maximum absolute atomic E-state index is 11.7. The van der Waals surface area contributed by atoms with Crippen molar-refractivity contribution in [2.45, 2.75) is 13.8 Å². The van der Waals surface area contributed by atoms with Crippen LogP contribution in [0.2, 0.25) is 0 Å². The topological polar surface area (TPSA) is 103 Å². The van der Waals surface area contributed by atoms with Gasteiger partial charge in [0, 0.05) is 0 Å². The van der Waals surface area contributed by atoms with Crippen molar-refractivity contribution in [3.8, 4) is 5.75 Å². The van der Waals surface area contributed by atoms with Gasteiger partial charge in [-0.1, -0.05) is 0 Å². The average molecular weight is 308 g/mol. The number of benzene rings is 1. The highest BCUT2D eigenvalue weighted by atomic mass is 16.6. The number of nitrogens with zero attached hydrogens (tertiary/aromatic N) is 1. The number of carbonyl (C=O) groups excluding carboxylic acids is 3. The van der Waals surface area contributed by atoms with Gasteiger partial charge in [-0.25, -0.2) is 9.59 Å². The van der Waals surface area contributed by atoms with Gasteiger partial charge in [0.1, 0.15) is 5.75 Å². The van der Waals surface area contributed by atoms with Crippen LogP contribution in [-0.2, 0) is 23.9 Å². The minimum Gasteiger partial charge on any atom is -0.461 e. The van der Waals surface area contributed by atoms with E-state index >= 15 is 0 Å². The molecule has 8 nitrogen and oxygen atoms in total. The molecular weight excluding hydrogens is 292 g/mol. The standard InChI is InChI=1S/C14H16N2O6/c1-3-20-13(18)12(14(19)21-4-2)16-15-10-5-7-11(8-6-10)22-9-17/h5-9,15H,3-4H2,1-2H3. The molecule has 0 amide bonds. The Morgan fingerprint density at radius 1 is 1.09 bits per heavy atom. The van der Waals surface area contributed by atoms with Crippen molar-refractivity contribution in [1.82, 2.24) is 0 Å². The summed E-state index contributed by atoms with van der Waals surface area (Å²) in [5.74, 6) is -1.41. The fraction of sp³-hybridized carbons (Fsp3) is 0.286. The van der Waals surface area contributed by atoms with Crippen LogP contribution in [0.25, 0.3) is 0 Å². The van der Waals surface area contributed by atoms with Gasteiger partial charge in [0.25, 0.3) is 12.2 Å². The number of hydrogen-bond acceptors (Lipinski definition) is 8. The Morgan fingerprint density at radius 3 is 2.09 bits per heavy atom. The molecule has 118 valence electrons. The lowest BCUT2D eigenvalue weighted by molar-refractivity contribution is -0.140. The van der Waals surface area contributed by atoms with Crippen molar-refractivity contribution in [2.24, 2.45) is 5.10 Å². The first-order chi connectivity index (χ1) is 10.6. The molecule has 0 atom stereocenters. The SMILES string of the molecule is CCOC(=O)C(=NNc1ccc(OC=O)cc1)C(=O)OCC. The molecule has 0 unspecified atom stereocenters. The smallest absolute Gasteiger partial charge is 0.366 e. The lowest BCUT2D eigenvalue weighted by Crippen LogP contribution is -2.29. The largest absolute Gasteiger partial charge is 0.461 e. The van der Waals surface area contributed by atoms with Crippen molar-refractivity contribution >= 4 is 29.8 Å². The van der Waals surface area contributed by atoms with E-state index in [-0.39, 0.29) is 13.2 Å². The van der Waals surface area contributed by atoms with Gasteiger partial charge >= 0.3 is 11.9 Å². The second-order valence-electron chi connectivity index (χ2n) is 3.75. The molecule has 8 heteroatoms. The summed E-state index contributed by atoms with van der Waals surface area (Å²) in [5, 5.41) is 3.71. The number of hydrogen-bond donors (Lipinski definition) is 1. The molecule has 0 aliphatic heterocycles. The fourth-order valence-corrected chi connectivity index (χ4v) is 1.36. The van der Waals surface area contributed by atoms with Gasteiger partial charge in [0.05, 0.1) is 18.9 Å². The van der Waals surface area contributed by atoms with Crippen molar-refractivity contribution in [2.75, 3.05) is 18.6 Å². The highest BCUT2D eigenvalue weighted by molar-refractivity contribution is 6.62. The van der Waals surface area contributed by atoms with Crippen LogP contribution in [-0.4, -0.2) is 37.3 Å². The summed E-state index contributed by atoms with van der Waals surface area (Å²) in [6, 6.07) is 6.13. The molecule has 1 aromatic carbocycles. The molecule has 0 bridgehead atoms. The molecule has 0 spiro atoms. The number of rotatable bonds is 8. The van der Waals surface area contributed by atoms with Crippen LogP contribution in [0.15, 0.2) is 29.4 Å². The summed E-state index contributed by atoms with van der Waals surface area (Å²) < 4.78 is 14.1. The third-order valence-corrected chi connectivity index (χ3v) is 2.27. The van der Waals surface area contributed by atoms with E-state index in [4.69, 9.17) is 9.47 Å². The zero-order valence-corrected chi connectivity index (χ0v) is 12.2. The van der Waals surface area contributed by atoms with E-state index in [0.717, 1.165) is 0 Å². The number of ether oxygens (including phenoxy) is 3. The zero-order valence-electron chi connectivity index (χ0n) is 12.2. The molecule has 22 heavy (non-hydrogen) atoms. The van der Waals surface area contributed by atoms with Crippen LogP contribution in [0.1, 0.15) is 13.8 Å². The van der Waals surface area contributed by atoms with Gasteiger partial charge < -0.3 is 14.2 Å². The zero-order chi connectivity index (χ0) is 16.4. The normalized spacial score (nSPS) is 9.36. The average Bonchev–Trinajstić information content (AvgIpc) is 2.50. The predicted molar refractivity (Wildman–Crippen MR) is 77.5 cm³/mol. The maximum atomic E-state index is 11.7. The summed E-state index contributed by atoms with van der Waals surface area (Å²) in [5.41, 5.74) is 2.52. The fourth-order valence-electron chi connectivity index (χ4n) is 1.36. The third-order valence-electron chi connectivity index (χ3n) is 2.27. The van der Waals surface area contributed by atoms with Crippen LogP contribution in [0.5, 0.6) is 5.75 Å². The van der Waals surface area contributed by atoms with E-state index in [1.165, 1.54) is 12.1 Å². The van der Waals surface area contributed by atoms with Crippen molar-refractivity contribution in [3.63, 3.8) is 0 Å². The quantitative estimate of drug-likeness (QED) is 0.252. The molecule has 0 radical (unpaired) electrons. The molecule has 0 aliphatic rings. The molecule has 1 aromatic rings. The van der Waals surface area contributed by atoms with Crippen LogP contribution < -0.4 is 10.2 Å². The van der Waals surface area contributed by atoms with Crippen molar-refractivity contribution < 1.29 is 28.6 Å². The van der Waals surface area contributed by atoms with E-state index in [2.05, 4.69) is 15.3 Å². The van der Waals surface area contributed by atoms with Gasteiger partial charge in [-0.15, -0.1) is 0 Å². The van der Waals surface area contributed by atoms with Gasteiger partial charge in [-0.2, -0.15) is 5.10 Å². The van der Waals surface area contributed by atoms with Crippen LogP contribution in [0.3, 0.4) is 0 Å². The Hall–Kier alpha value is -2.90. The summed E-state index contributed by atoms with van der Waals surface area (Å²) in [6.45, 7) is 3.74. The number of esters is 2. The van der Waals surface area contributed by atoms with Gasteiger partial charge in [-0.05, 0) is 38.1 Å². The Balaban J connectivity index is 2.84. The van der Waals surface area contributed by atoms with Crippen molar-refractivity contribution in [3.05, 3.63) is 24.3 Å². The van der Waals surface area contributed by atoms with Crippen LogP contribution >= 0.6 is 0 Å². The summed E-state index contributed by atoms with van der Waals surface area (Å²) >= 11 is 0. The van der Waals surface area contributed by atoms with E-state index in [1.807, 2.05) is 0 Å². The lowest BCUT2D eigenvalue weighted by atomic mass is 10.3. The molecule has 0 aromatic heterocycles. The first-order valence-electron chi connectivity index (χ1n) is 6.50. The number of carbonyl (C=O) groups is 3. The molecule has 1 rings (SSSR count). The molecule has 0 saturated heterocycles. The number of nitrogens with one attached hydrogen (secondary N) is 1. The second kappa shape index (κ2) is 9.11. The highest BCUT2D eigenvalue weighted by Crippen LogP contribution is 2.15. The van der Waals surface area contributed by atoms with E-state index in [0.29, 0.717) is 17.9 Å². The lowest BCUT2D eigenvalue weighted by Gasteiger charge is -2.07. The van der Waals surface area contributed by atoms with Crippen LogP contribution in [0, 0.1) is 0 Å². The van der Waals surface area contributed by atoms with Gasteiger partial charge in [0.2, 0.25) is 0 Å². The van der Waals surface area contributed by atoms with E-state index in [1.54, 1.807) is 26.0 Å². The molecule has 0 fully saturated rings. The Morgan fingerprint density at radius 2 is 1.64 bits per heavy atom. The van der Waals surface area contributed by atoms with Gasteiger partial charge in [0.15, 0.2) is 0 Å². The monoisotopic (exact) mass is 308 g/mol. The Bertz CT molecular complexity index is 533. The Kier molecular flexibility index (Phi) is 7.10. The molecule has 0 saturated carbocycles. The van der Waals surface area contributed by atoms with Crippen molar-refractivity contribution in [1.29, 1.82) is 0 Å². The second-order valence-corrected chi connectivity index (χ2v) is 3.75. The highest BCUT2D eigenvalue weighted by Gasteiger charge is 2.23. The maximum Gasteiger partial charge on any atom is 0.366 e. The number of anilines is 1. The third kappa shape index (κ3) is 5.23. The minimum atomic E-state index is -0.880. The molecular formula is C14H16N2O6. The van der Waals surface area contributed by atoms with E-state index in [9.17, 15) is 14.4 Å². The summed E-state index contributed by atoms with van der Waals surface area (Å²) in [7, 11) is 0. The summed E-state index contributed by atoms with van der Waals surface area (Å²) in [4.78, 5) is 33.5. The van der Waals surface area contributed by atoms with Gasteiger partial charge in [-0.3, -0.25) is 10.2 Å². The minimum absolute atomic E-state index is 0.106. The number of hydrazone groups is 1. The first kappa shape index (κ1) is 17.2. The molecule has 0 aliphatic carbocycles. The molecule has 1 N–H and O–H groups in total.